The van der Waals surface area contributed by atoms with Crippen molar-refractivity contribution in [2.45, 2.75) is 20.3 Å². The molecule has 1 heterocycles. The van der Waals surface area contributed by atoms with E-state index in [-0.39, 0.29) is 0 Å². The Morgan fingerprint density at radius 1 is 1.19 bits per heavy atom. The van der Waals surface area contributed by atoms with E-state index in [0.29, 0.717) is 17.4 Å². The minimum Gasteiger partial charge on any atom is -0.490 e. The van der Waals surface area contributed by atoms with Crippen LogP contribution in [0.25, 0.3) is 0 Å². The predicted molar refractivity (Wildman–Crippen MR) is 89.5 cm³/mol. The number of rotatable bonds is 6. The van der Waals surface area contributed by atoms with E-state index >= 15 is 0 Å². The molecule has 0 aliphatic carbocycles. The van der Waals surface area contributed by atoms with Crippen molar-refractivity contribution in [1.29, 1.82) is 0 Å². The van der Waals surface area contributed by atoms with Gasteiger partial charge >= 0.3 is 0 Å². The van der Waals surface area contributed by atoms with Crippen LogP contribution in [-0.4, -0.2) is 23.6 Å². The lowest BCUT2D eigenvalue weighted by molar-refractivity contribution is 0.415. The number of aromatic nitrogens is 2. The van der Waals surface area contributed by atoms with Gasteiger partial charge in [0.05, 0.1) is 7.11 Å². The summed E-state index contributed by atoms with van der Waals surface area (Å²) in [7, 11) is 1.62. The van der Waals surface area contributed by atoms with Crippen LogP contribution in [0.4, 0.5) is 17.3 Å². The van der Waals surface area contributed by atoms with Gasteiger partial charge in [-0.2, -0.15) is 0 Å². The molecule has 0 saturated carbocycles. The third-order valence-corrected chi connectivity index (χ3v) is 3.31. The van der Waals surface area contributed by atoms with Gasteiger partial charge in [-0.25, -0.2) is 9.97 Å². The predicted octanol–water partition coefficient (Wildman–Crippen LogP) is 4.12. The van der Waals surface area contributed by atoms with E-state index in [9.17, 15) is 0 Å². The highest BCUT2D eigenvalue weighted by Crippen LogP contribution is 2.32. The number of benzene rings is 1. The average molecular weight is 351 g/mol. The lowest BCUT2D eigenvalue weighted by Crippen LogP contribution is -2.07. The molecule has 1 aromatic carbocycles. The van der Waals surface area contributed by atoms with Crippen LogP contribution in [0.5, 0.6) is 5.75 Å². The maximum Gasteiger partial charge on any atom is 0.204 e. The molecule has 0 spiro atoms. The first-order valence-electron chi connectivity index (χ1n) is 6.81. The van der Waals surface area contributed by atoms with Crippen LogP contribution >= 0.6 is 15.9 Å². The zero-order chi connectivity index (χ0) is 15.2. The van der Waals surface area contributed by atoms with Gasteiger partial charge in [0.15, 0.2) is 11.6 Å². The van der Waals surface area contributed by atoms with Crippen molar-refractivity contribution in [3.8, 4) is 5.75 Å². The Hall–Kier alpha value is -1.82. The molecule has 0 fully saturated rings. The van der Waals surface area contributed by atoms with Gasteiger partial charge in [-0.1, -0.05) is 22.9 Å². The number of nitrogens with one attached hydrogen (secondary N) is 2. The van der Waals surface area contributed by atoms with Crippen LogP contribution in [0.1, 0.15) is 18.9 Å². The normalized spacial score (nSPS) is 10.3. The number of methoxy groups -OCH3 is 1. The summed E-state index contributed by atoms with van der Waals surface area (Å²) < 4.78 is 6.46. The number of halogens is 1. The van der Waals surface area contributed by atoms with Crippen molar-refractivity contribution in [2.75, 3.05) is 24.3 Å². The van der Waals surface area contributed by atoms with Crippen LogP contribution in [-0.2, 0) is 0 Å². The van der Waals surface area contributed by atoms with Crippen molar-refractivity contribution >= 4 is 33.3 Å². The molecule has 1 aromatic heterocycles. The maximum atomic E-state index is 5.44. The highest BCUT2D eigenvalue weighted by atomic mass is 79.9. The number of hydrogen-bond acceptors (Lipinski definition) is 5. The maximum absolute atomic E-state index is 5.44. The molecule has 2 N–H and O–H groups in total. The fraction of sp³-hybridized carbons (Fsp3) is 0.333. The molecule has 6 heteroatoms. The monoisotopic (exact) mass is 350 g/mol. The lowest BCUT2D eigenvalue weighted by Gasteiger charge is -2.14. The Kier molecular flexibility index (Phi) is 5.38. The Bertz CT molecular complexity index is 598. The molecule has 2 rings (SSSR count). The second kappa shape index (κ2) is 7.26. The quantitative estimate of drug-likeness (QED) is 0.820. The number of nitrogens with zero attached hydrogens (tertiary/aromatic N) is 2. The van der Waals surface area contributed by atoms with E-state index in [1.807, 2.05) is 19.1 Å². The molecule has 0 unspecified atom stereocenters. The molecule has 0 saturated heterocycles. The van der Waals surface area contributed by atoms with E-state index in [1.54, 1.807) is 7.11 Å². The first-order chi connectivity index (χ1) is 10.1. The van der Waals surface area contributed by atoms with E-state index in [1.165, 1.54) is 6.33 Å². The van der Waals surface area contributed by atoms with Gasteiger partial charge in [0.25, 0.3) is 0 Å². The summed E-state index contributed by atoms with van der Waals surface area (Å²) in [6.45, 7) is 4.98. The van der Waals surface area contributed by atoms with Gasteiger partial charge in [0.1, 0.15) is 6.33 Å². The van der Waals surface area contributed by atoms with E-state index in [4.69, 9.17) is 4.74 Å². The molecular weight excluding hydrogens is 332 g/mol. The van der Waals surface area contributed by atoms with Crippen LogP contribution < -0.4 is 15.4 Å². The fourth-order valence-electron chi connectivity index (χ4n) is 1.97. The Balaban J connectivity index is 2.30. The lowest BCUT2D eigenvalue weighted by atomic mass is 10.2. The average Bonchev–Trinajstić information content (AvgIpc) is 2.44. The smallest absolute Gasteiger partial charge is 0.204 e. The summed E-state index contributed by atoms with van der Waals surface area (Å²) in [6.07, 6.45) is 2.54. The fourth-order valence-corrected chi connectivity index (χ4v) is 2.58. The topological polar surface area (TPSA) is 59.1 Å². The molecule has 0 bridgehead atoms. The Morgan fingerprint density at radius 2 is 1.95 bits per heavy atom. The minimum absolute atomic E-state index is 0.614. The molecule has 0 aliphatic rings. The summed E-state index contributed by atoms with van der Waals surface area (Å²) in [5, 5.41) is 6.51. The van der Waals surface area contributed by atoms with Crippen molar-refractivity contribution in [2.24, 2.45) is 0 Å². The third kappa shape index (κ3) is 4.07. The van der Waals surface area contributed by atoms with Crippen LogP contribution in [0, 0.1) is 6.92 Å². The van der Waals surface area contributed by atoms with Gasteiger partial charge in [0, 0.05) is 16.7 Å². The van der Waals surface area contributed by atoms with E-state index < -0.39 is 0 Å². The van der Waals surface area contributed by atoms with Crippen LogP contribution in [0.2, 0.25) is 0 Å². The standard InChI is InChI=1S/C15H19BrN4O/c1-4-5-17-14-13(21-3)15(19-9-18-14)20-12-7-10(2)6-11(16)8-12/h6-9H,4-5H2,1-3H3,(H2,17,18,19,20). The largest absolute Gasteiger partial charge is 0.490 e. The summed E-state index contributed by atoms with van der Waals surface area (Å²) in [5.41, 5.74) is 2.10. The highest BCUT2D eigenvalue weighted by molar-refractivity contribution is 9.10. The van der Waals surface area contributed by atoms with Gasteiger partial charge in [0.2, 0.25) is 5.75 Å². The van der Waals surface area contributed by atoms with Gasteiger partial charge in [-0.15, -0.1) is 0 Å². The number of hydrogen-bond donors (Lipinski definition) is 2. The van der Waals surface area contributed by atoms with E-state index in [0.717, 1.165) is 28.7 Å². The number of aryl methyl sites for hydroxylation is 1. The highest BCUT2D eigenvalue weighted by Gasteiger charge is 2.12. The minimum atomic E-state index is 0.614. The first kappa shape index (κ1) is 15.6. The first-order valence-corrected chi connectivity index (χ1v) is 7.60. The summed E-state index contributed by atoms with van der Waals surface area (Å²) in [6, 6.07) is 6.09. The molecule has 0 amide bonds. The summed E-state index contributed by atoms with van der Waals surface area (Å²) >= 11 is 3.49. The molecule has 0 aliphatic heterocycles. The number of ether oxygens (including phenoxy) is 1. The van der Waals surface area contributed by atoms with Crippen molar-refractivity contribution in [3.05, 3.63) is 34.6 Å². The molecule has 0 radical (unpaired) electrons. The molecule has 2 aromatic rings. The van der Waals surface area contributed by atoms with Gasteiger partial charge in [-0.05, 0) is 37.1 Å². The van der Waals surface area contributed by atoms with E-state index in [2.05, 4.69) is 49.5 Å². The van der Waals surface area contributed by atoms with Gasteiger partial charge in [-0.3, -0.25) is 0 Å². The second-order valence-electron chi connectivity index (χ2n) is 4.67. The molecule has 21 heavy (non-hydrogen) atoms. The second-order valence-corrected chi connectivity index (χ2v) is 5.59. The Labute approximate surface area is 133 Å². The zero-order valence-corrected chi connectivity index (χ0v) is 14.0. The molecule has 5 nitrogen and oxygen atoms in total. The summed E-state index contributed by atoms with van der Waals surface area (Å²) in [4.78, 5) is 8.50. The summed E-state index contributed by atoms with van der Waals surface area (Å²) in [5.74, 6) is 1.95. The Morgan fingerprint density at radius 3 is 2.62 bits per heavy atom. The molecular formula is C15H19BrN4O. The van der Waals surface area contributed by atoms with Crippen LogP contribution in [0.3, 0.4) is 0 Å². The molecule has 0 atom stereocenters. The van der Waals surface area contributed by atoms with Crippen LogP contribution in [0.15, 0.2) is 29.0 Å². The molecule has 112 valence electrons. The van der Waals surface area contributed by atoms with Crippen molar-refractivity contribution < 1.29 is 4.74 Å². The zero-order valence-electron chi connectivity index (χ0n) is 12.4. The number of anilines is 3. The third-order valence-electron chi connectivity index (χ3n) is 2.86. The van der Waals surface area contributed by atoms with Crippen molar-refractivity contribution in [1.82, 2.24) is 9.97 Å². The van der Waals surface area contributed by atoms with Crippen molar-refractivity contribution in [3.63, 3.8) is 0 Å². The SMILES string of the molecule is CCCNc1ncnc(Nc2cc(C)cc(Br)c2)c1OC. The van der Waals surface area contributed by atoms with Gasteiger partial charge < -0.3 is 15.4 Å².